The molecule has 2 aromatic carbocycles. The van der Waals surface area contributed by atoms with Crippen LogP contribution < -0.4 is 10.5 Å². The van der Waals surface area contributed by atoms with Gasteiger partial charge in [-0.3, -0.25) is 0 Å². The number of hydrogen-bond donors (Lipinski definition) is 1. The van der Waals surface area contributed by atoms with E-state index in [4.69, 9.17) is 10.5 Å². The fourth-order valence-electron chi connectivity index (χ4n) is 2.28. The molecule has 112 valence electrons. The number of anilines is 1. The van der Waals surface area contributed by atoms with Gasteiger partial charge in [-0.15, -0.1) is 0 Å². The molecular weight excluding hydrogens is 326 g/mol. The first-order valence-corrected chi connectivity index (χ1v) is 7.84. The number of nitrogen functional groups attached to an aromatic ring is 1. The van der Waals surface area contributed by atoms with Crippen molar-refractivity contribution in [2.75, 3.05) is 5.73 Å². The van der Waals surface area contributed by atoms with Crippen molar-refractivity contribution >= 4 is 21.6 Å². The van der Waals surface area contributed by atoms with Crippen LogP contribution in [0.25, 0.3) is 0 Å². The van der Waals surface area contributed by atoms with E-state index in [1.165, 1.54) is 11.1 Å². The van der Waals surface area contributed by atoms with Gasteiger partial charge in [-0.2, -0.15) is 0 Å². The second-order valence-electron chi connectivity index (χ2n) is 6.43. The first-order chi connectivity index (χ1) is 9.75. The molecule has 0 aromatic heterocycles. The van der Waals surface area contributed by atoms with Gasteiger partial charge in [0.1, 0.15) is 12.4 Å². The van der Waals surface area contributed by atoms with Crippen molar-refractivity contribution in [1.82, 2.24) is 0 Å². The van der Waals surface area contributed by atoms with Crippen LogP contribution in [-0.4, -0.2) is 0 Å². The molecule has 2 nitrogen and oxygen atoms in total. The van der Waals surface area contributed by atoms with Crippen LogP contribution in [-0.2, 0) is 12.0 Å². The Labute approximate surface area is 135 Å². The highest BCUT2D eigenvalue weighted by molar-refractivity contribution is 9.10. The Morgan fingerprint density at radius 3 is 2.43 bits per heavy atom. The molecule has 0 atom stereocenters. The minimum absolute atomic E-state index is 0.0532. The number of nitrogens with two attached hydrogens (primary N) is 1. The van der Waals surface area contributed by atoms with Gasteiger partial charge in [-0.05, 0) is 47.7 Å². The second kappa shape index (κ2) is 6.10. The summed E-state index contributed by atoms with van der Waals surface area (Å²) in [6.07, 6.45) is 0. The van der Waals surface area contributed by atoms with Crippen LogP contribution >= 0.6 is 15.9 Å². The third-order valence-corrected chi connectivity index (χ3v) is 3.78. The van der Waals surface area contributed by atoms with Crippen molar-refractivity contribution in [2.24, 2.45) is 0 Å². The SMILES string of the molecule is Cc1ccc(OCc2cc(N)cc(Br)c2)c(C(C)(C)C)c1. The van der Waals surface area contributed by atoms with Gasteiger partial charge in [0.2, 0.25) is 0 Å². The molecule has 0 aliphatic rings. The molecule has 0 amide bonds. The highest BCUT2D eigenvalue weighted by Gasteiger charge is 2.19. The maximum absolute atomic E-state index is 6.04. The Morgan fingerprint density at radius 2 is 1.81 bits per heavy atom. The van der Waals surface area contributed by atoms with Crippen molar-refractivity contribution in [3.8, 4) is 5.75 Å². The summed E-state index contributed by atoms with van der Waals surface area (Å²) < 4.78 is 7.01. The van der Waals surface area contributed by atoms with Gasteiger partial charge in [0.05, 0.1) is 0 Å². The molecule has 0 bridgehead atoms. The average Bonchev–Trinajstić information content (AvgIpc) is 2.35. The van der Waals surface area contributed by atoms with E-state index in [9.17, 15) is 0 Å². The van der Waals surface area contributed by atoms with Gasteiger partial charge in [0, 0.05) is 10.2 Å². The molecule has 0 aliphatic carbocycles. The standard InChI is InChI=1S/C18H22BrNO/c1-12-5-6-17(16(7-12)18(2,3)4)21-11-13-8-14(19)10-15(20)9-13/h5-10H,11,20H2,1-4H3. The van der Waals surface area contributed by atoms with Gasteiger partial charge in [-0.1, -0.05) is 54.4 Å². The lowest BCUT2D eigenvalue weighted by Gasteiger charge is -2.23. The summed E-state index contributed by atoms with van der Waals surface area (Å²) in [5.41, 5.74) is 10.2. The van der Waals surface area contributed by atoms with Crippen LogP contribution in [0.4, 0.5) is 5.69 Å². The number of ether oxygens (including phenoxy) is 1. The third kappa shape index (κ3) is 4.24. The predicted molar refractivity (Wildman–Crippen MR) is 92.8 cm³/mol. The lowest BCUT2D eigenvalue weighted by Crippen LogP contribution is -2.13. The molecule has 2 rings (SSSR count). The van der Waals surface area contributed by atoms with Gasteiger partial charge in [-0.25, -0.2) is 0 Å². The van der Waals surface area contributed by atoms with Crippen molar-refractivity contribution in [3.63, 3.8) is 0 Å². The van der Waals surface area contributed by atoms with E-state index in [1.54, 1.807) is 0 Å². The van der Waals surface area contributed by atoms with E-state index < -0.39 is 0 Å². The van der Waals surface area contributed by atoms with Crippen molar-refractivity contribution in [1.29, 1.82) is 0 Å². The largest absolute Gasteiger partial charge is 0.489 e. The van der Waals surface area contributed by atoms with Crippen molar-refractivity contribution < 1.29 is 4.74 Å². The molecule has 2 aromatic rings. The molecule has 0 saturated heterocycles. The van der Waals surface area contributed by atoms with Crippen LogP contribution in [0.5, 0.6) is 5.75 Å². The first kappa shape index (κ1) is 15.9. The quantitative estimate of drug-likeness (QED) is 0.772. The van der Waals surface area contributed by atoms with Gasteiger partial charge in [0.25, 0.3) is 0 Å². The first-order valence-electron chi connectivity index (χ1n) is 7.04. The van der Waals surface area contributed by atoms with E-state index in [0.717, 1.165) is 21.5 Å². The number of halogens is 1. The van der Waals surface area contributed by atoms with E-state index in [2.05, 4.69) is 61.8 Å². The molecule has 0 aliphatic heterocycles. The molecule has 0 fully saturated rings. The molecular formula is C18H22BrNO. The second-order valence-corrected chi connectivity index (χ2v) is 7.35. The Bertz CT molecular complexity index is 624. The van der Waals surface area contributed by atoms with E-state index in [1.807, 2.05) is 18.2 Å². The average molecular weight is 348 g/mol. The number of rotatable bonds is 3. The summed E-state index contributed by atoms with van der Waals surface area (Å²) in [6, 6.07) is 12.2. The van der Waals surface area contributed by atoms with Crippen LogP contribution in [0.15, 0.2) is 40.9 Å². The number of hydrogen-bond acceptors (Lipinski definition) is 2. The maximum Gasteiger partial charge on any atom is 0.123 e. The van der Waals surface area contributed by atoms with E-state index in [-0.39, 0.29) is 5.41 Å². The highest BCUT2D eigenvalue weighted by atomic mass is 79.9. The monoisotopic (exact) mass is 347 g/mol. The highest BCUT2D eigenvalue weighted by Crippen LogP contribution is 2.32. The lowest BCUT2D eigenvalue weighted by atomic mass is 9.85. The molecule has 0 unspecified atom stereocenters. The van der Waals surface area contributed by atoms with Crippen LogP contribution in [0.1, 0.15) is 37.5 Å². The molecule has 3 heteroatoms. The van der Waals surface area contributed by atoms with Gasteiger partial charge < -0.3 is 10.5 Å². The smallest absolute Gasteiger partial charge is 0.123 e. The summed E-state index contributed by atoms with van der Waals surface area (Å²) in [6.45, 7) is 9.22. The normalized spacial score (nSPS) is 11.5. The Hall–Kier alpha value is -1.48. The fraction of sp³-hybridized carbons (Fsp3) is 0.333. The maximum atomic E-state index is 6.04. The Morgan fingerprint density at radius 1 is 1.10 bits per heavy atom. The molecule has 0 radical (unpaired) electrons. The summed E-state index contributed by atoms with van der Waals surface area (Å²) in [5.74, 6) is 0.937. The molecule has 0 heterocycles. The fourth-order valence-corrected chi connectivity index (χ4v) is 2.83. The Kier molecular flexibility index (Phi) is 4.62. The van der Waals surface area contributed by atoms with Crippen LogP contribution in [0.2, 0.25) is 0 Å². The Balaban J connectivity index is 2.24. The van der Waals surface area contributed by atoms with E-state index >= 15 is 0 Å². The lowest BCUT2D eigenvalue weighted by molar-refractivity contribution is 0.297. The third-order valence-electron chi connectivity index (χ3n) is 3.32. The van der Waals surface area contributed by atoms with Crippen molar-refractivity contribution in [2.45, 2.75) is 39.7 Å². The van der Waals surface area contributed by atoms with Crippen LogP contribution in [0.3, 0.4) is 0 Å². The zero-order valence-electron chi connectivity index (χ0n) is 13.0. The van der Waals surface area contributed by atoms with Crippen molar-refractivity contribution in [3.05, 3.63) is 57.6 Å². The molecule has 0 spiro atoms. The number of aryl methyl sites for hydroxylation is 1. The molecule has 0 saturated carbocycles. The minimum Gasteiger partial charge on any atom is -0.489 e. The zero-order chi connectivity index (χ0) is 15.6. The minimum atomic E-state index is 0.0532. The summed E-state index contributed by atoms with van der Waals surface area (Å²) in [5, 5.41) is 0. The predicted octanol–water partition coefficient (Wildman–Crippen LogP) is 5.22. The van der Waals surface area contributed by atoms with Gasteiger partial charge >= 0.3 is 0 Å². The topological polar surface area (TPSA) is 35.2 Å². The van der Waals surface area contributed by atoms with E-state index in [0.29, 0.717) is 6.61 Å². The zero-order valence-corrected chi connectivity index (χ0v) is 14.6. The summed E-state index contributed by atoms with van der Waals surface area (Å²) >= 11 is 3.46. The summed E-state index contributed by atoms with van der Waals surface area (Å²) in [7, 11) is 0. The summed E-state index contributed by atoms with van der Waals surface area (Å²) in [4.78, 5) is 0. The van der Waals surface area contributed by atoms with Crippen LogP contribution in [0, 0.1) is 6.92 Å². The molecule has 2 N–H and O–H groups in total. The van der Waals surface area contributed by atoms with Gasteiger partial charge in [0.15, 0.2) is 0 Å². The number of benzene rings is 2. The molecule has 21 heavy (non-hydrogen) atoms.